The standard InChI is InChI=1S/C31H38N5O10P/c1-18(2)28(37)43-26-25(24-13-12-23-22(33)14-15-34-36(23)24)45-31(16-32,27(26)44-29(38)19(3)4)17-42-47(40,35-20(5)30(39)41-6)46-21-10-8-7-9-11-21/h7-15,18-20,25-27H,17,33H2,1-6H3,(H,35,40)/t20-,25-,26-,27-,31+,47?/m0/s1. The van der Waals surface area contributed by atoms with Crippen LogP contribution in [-0.2, 0) is 42.4 Å². The summed E-state index contributed by atoms with van der Waals surface area (Å²) in [6, 6.07) is 13.7. The Morgan fingerprint density at radius 3 is 2.32 bits per heavy atom. The maximum atomic E-state index is 14.2. The van der Waals surface area contributed by atoms with E-state index in [1.807, 2.05) is 6.07 Å². The molecule has 4 rings (SSSR count). The molecule has 1 aliphatic heterocycles. The first-order valence-corrected chi connectivity index (χ1v) is 16.4. The molecular formula is C31H38N5O10P. The first-order valence-electron chi connectivity index (χ1n) is 14.8. The minimum absolute atomic E-state index is 0.117. The van der Waals surface area contributed by atoms with Gasteiger partial charge in [-0.25, -0.2) is 9.08 Å². The van der Waals surface area contributed by atoms with Crippen molar-refractivity contribution in [2.45, 2.75) is 64.6 Å². The number of benzene rings is 1. The molecule has 1 aliphatic rings. The average molecular weight is 672 g/mol. The number of hydrogen-bond acceptors (Lipinski definition) is 13. The van der Waals surface area contributed by atoms with Gasteiger partial charge >= 0.3 is 25.7 Å². The van der Waals surface area contributed by atoms with Gasteiger partial charge < -0.3 is 29.2 Å². The molecule has 0 amide bonds. The summed E-state index contributed by atoms with van der Waals surface area (Å²) in [6.07, 6.45) is -2.78. The molecule has 0 bridgehead atoms. The van der Waals surface area contributed by atoms with Crippen molar-refractivity contribution >= 4 is 36.9 Å². The van der Waals surface area contributed by atoms with Crippen LogP contribution in [0.5, 0.6) is 5.75 Å². The highest BCUT2D eigenvalue weighted by Crippen LogP contribution is 2.50. The summed E-state index contributed by atoms with van der Waals surface area (Å²) in [5.41, 5.74) is 5.13. The van der Waals surface area contributed by atoms with E-state index < -0.39 is 74.1 Å². The maximum absolute atomic E-state index is 14.2. The van der Waals surface area contributed by atoms with Crippen LogP contribution in [0.4, 0.5) is 5.69 Å². The van der Waals surface area contributed by atoms with E-state index in [-0.39, 0.29) is 5.75 Å². The Hall–Kier alpha value is -4.48. The molecule has 1 fully saturated rings. The molecule has 0 spiro atoms. The van der Waals surface area contributed by atoms with E-state index in [1.165, 1.54) is 29.8 Å². The third-order valence-corrected chi connectivity index (χ3v) is 8.88. The third kappa shape index (κ3) is 7.74. The molecule has 6 atom stereocenters. The lowest BCUT2D eigenvalue weighted by Crippen LogP contribution is -2.50. The number of fused-ring (bicyclic) bond motifs is 1. The second kappa shape index (κ2) is 14.5. The summed E-state index contributed by atoms with van der Waals surface area (Å²) in [7, 11) is -3.35. The van der Waals surface area contributed by atoms with Crippen LogP contribution in [-0.4, -0.2) is 65.1 Å². The summed E-state index contributed by atoms with van der Waals surface area (Å²) in [4.78, 5) is 38.4. The predicted octanol–water partition coefficient (Wildman–Crippen LogP) is 3.74. The number of rotatable bonds is 13. The summed E-state index contributed by atoms with van der Waals surface area (Å²) in [6.45, 7) is 6.94. The number of methoxy groups -OCH3 is 1. The number of nitriles is 1. The zero-order valence-electron chi connectivity index (χ0n) is 26.8. The molecule has 0 radical (unpaired) electrons. The number of nitrogen functional groups attached to an aromatic ring is 1. The summed E-state index contributed by atoms with van der Waals surface area (Å²) < 4.78 is 50.0. The number of nitrogens with one attached hydrogen (secondary N) is 1. The normalized spacial score (nSPS) is 22.7. The van der Waals surface area contributed by atoms with Crippen LogP contribution in [0, 0.1) is 23.2 Å². The summed E-state index contributed by atoms with van der Waals surface area (Å²) >= 11 is 0. The molecule has 3 aromatic rings. The van der Waals surface area contributed by atoms with E-state index in [9.17, 15) is 24.2 Å². The lowest BCUT2D eigenvalue weighted by Gasteiger charge is -2.31. The average Bonchev–Trinajstić information content (AvgIpc) is 3.60. The van der Waals surface area contributed by atoms with Gasteiger partial charge in [-0.1, -0.05) is 45.9 Å². The van der Waals surface area contributed by atoms with E-state index >= 15 is 0 Å². The maximum Gasteiger partial charge on any atom is 0.459 e. The Morgan fingerprint density at radius 1 is 1.04 bits per heavy atom. The summed E-state index contributed by atoms with van der Waals surface area (Å²) in [5, 5.41) is 17.6. The SMILES string of the molecule is COC(=O)[C@H](C)NP(=O)(OC[C@@]1(C#N)O[C@@H](c2ccc3c(N)ccnn23)[C@H](OC(=O)C(C)C)[C@@H]1OC(=O)C(C)C)Oc1ccccc1. The molecule has 1 aromatic carbocycles. The van der Waals surface area contributed by atoms with Gasteiger partial charge in [-0.15, -0.1) is 0 Å². The lowest BCUT2D eigenvalue weighted by atomic mass is 9.95. The minimum Gasteiger partial charge on any atom is -0.468 e. The number of nitrogens with zero attached hydrogens (tertiary/aromatic N) is 3. The molecule has 16 heteroatoms. The smallest absolute Gasteiger partial charge is 0.459 e. The fourth-order valence-electron chi connectivity index (χ4n) is 4.70. The van der Waals surface area contributed by atoms with Gasteiger partial charge in [0, 0.05) is 6.20 Å². The van der Waals surface area contributed by atoms with Crippen molar-refractivity contribution < 1.29 is 46.9 Å². The van der Waals surface area contributed by atoms with Gasteiger partial charge in [-0.05, 0) is 37.3 Å². The molecule has 47 heavy (non-hydrogen) atoms. The van der Waals surface area contributed by atoms with Gasteiger partial charge in [-0.2, -0.15) is 15.4 Å². The molecule has 252 valence electrons. The highest BCUT2D eigenvalue weighted by Gasteiger charge is 2.62. The van der Waals surface area contributed by atoms with Crippen LogP contribution in [0.1, 0.15) is 46.4 Å². The fourth-order valence-corrected chi connectivity index (χ4v) is 6.22. The number of carbonyl (C=O) groups excluding carboxylic acids is 3. The zero-order valence-corrected chi connectivity index (χ0v) is 27.7. The number of nitrogens with two attached hydrogens (primary N) is 1. The van der Waals surface area contributed by atoms with E-state index in [1.54, 1.807) is 64.1 Å². The summed E-state index contributed by atoms with van der Waals surface area (Å²) in [5.74, 6) is -3.30. The molecular weight excluding hydrogens is 633 g/mol. The monoisotopic (exact) mass is 671 g/mol. The van der Waals surface area contributed by atoms with Gasteiger partial charge in [-0.3, -0.25) is 18.9 Å². The van der Waals surface area contributed by atoms with Crippen LogP contribution in [0.2, 0.25) is 0 Å². The van der Waals surface area contributed by atoms with Crippen molar-refractivity contribution in [3.63, 3.8) is 0 Å². The van der Waals surface area contributed by atoms with Crippen LogP contribution in [0.15, 0.2) is 54.7 Å². The Kier molecular flexibility index (Phi) is 10.9. The van der Waals surface area contributed by atoms with Gasteiger partial charge in [0.1, 0.15) is 30.6 Å². The molecule has 0 aliphatic carbocycles. The van der Waals surface area contributed by atoms with E-state index in [4.69, 9.17) is 33.7 Å². The molecule has 3 N–H and O–H groups in total. The van der Waals surface area contributed by atoms with Crippen LogP contribution < -0.4 is 15.3 Å². The lowest BCUT2D eigenvalue weighted by molar-refractivity contribution is -0.173. The van der Waals surface area contributed by atoms with Crippen LogP contribution >= 0.6 is 7.75 Å². The Morgan fingerprint density at radius 2 is 1.70 bits per heavy atom. The number of aromatic nitrogens is 2. The first-order chi connectivity index (χ1) is 22.2. The van der Waals surface area contributed by atoms with Crippen LogP contribution in [0.25, 0.3) is 5.52 Å². The van der Waals surface area contributed by atoms with Crippen molar-refractivity contribution in [2.75, 3.05) is 19.5 Å². The molecule has 1 unspecified atom stereocenters. The number of esters is 3. The molecule has 2 aromatic heterocycles. The number of hydrogen-bond donors (Lipinski definition) is 2. The number of anilines is 1. The molecule has 3 heterocycles. The third-order valence-electron chi connectivity index (χ3n) is 7.25. The van der Waals surface area contributed by atoms with Crippen molar-refractivity contribution in [2.24, 2.45) is 11.8 Å². The first kappa shape index (κ1) is 35.4. The second-order valence-corrected chi connectivity index (χ2v) is 13.2. The number of ether oxygens (including phenoxy) is 4. The van der Waals surface area contributed by atoms with Gasteiger partial charge in [0.2, 0.25) is 5.60 Å². The van der Waals surface area contributed by atoms with Crippen LogP contribution in [0.3, 0.4) is 0 Å². The van der Waals surface area contributed by atoms with Crippen molar-refractivity contribution in [1.82, 2.24) is 14.7 Å². The molecule has 0 saturated carbocycles. The van der Waals surface area contributed by atoms with Gasteiger partial charge in [0.25, 0.3) is 0 Å². The second-order valence-electron chi connectivity index (χ2n) is 11.5. The van der Waals surface area contributed by atoms with E-state index in [0.29, 0.717) is 16.9 Å². The molecule has 1 saturated heterocycles. The molecule has 15 nitrogen and oxygen atoms in total. The Balaban J connectivity index is 1.81. The number of para-hydroxylation sites is 1. The van der Waals surface area contributed by atoms with Crippen molar-refractivity contribution in [3.8, 4) is 11.8 Å². The Bertz CT molecular complexity index is 1690. The largest absolute Gasteiger partial charge is 0.468 e. The number of carbonyl (C=O) groups is 3. The van der Waals surface area contributed by atoms with Gasteiger partial charge in [0.05, 0.1) is 35.8 Å². The highest BCUT2D eigenvalue weighted by molar-refractivity contribution is 7.52. The van der Waals surface area contributed by atoms with Gasteiger partial charge in [0.15, 0.2) is 12.2 Å². The van der Waals surface area contributed by atoms with Crippen molar-refractivity contribution in [1.29, 1.82) is 5.26 Å². The zero-order chi connectivity index (χ0) is 34.5. The quantitative estimate of drug-likeness (QED) is 0.151. The predicted molar refractivity (Wildman–Crippen MR) is 166 cm³/mol. The van der Waals surface area contributed by atoms with Crippen molar-refractivity contribution in [3.05, 3.63) is 60.4 Å². The minimum atomic E-state index is -4.51. The fraction of sp³-hybridized carbons (Fsp3) is 0.452. The highest BCUT2D eigenvalue weighted by atomic mass is 31.2. The van der Waals surface area contributed by atoms with E-state index in [0.717, 1.165) is 7.11 Å². The van der Waals surface area contributed by atoms with E-state index in [2.05, 4.69) is 10.2 Å². The topological polar surface area (TPSA) is 203 Å². The Labute approximate surface area is 271 Å².